The Morgan fingerprint density at radius 2 is 1.78 bits per heavy atom. The first-order valence-electron chi connectivity index (χ1n) is 7.22. The first-order chi connectivity index (χ1) is 10.7. The maximum Gasteiger partial charge on any atom is 0.264 e. The molecule has 1 aromatic heterocycles. The zero-order chi connectivity index (χ0) is 17.2. The number of rotatable bonds is 5. The van der Waals surface area contributed by atoms with Gasteiger partial charge in [0.2, 0.25) is 5.91 Å². The Morgan fingerprint density at radius 1 is 1.17 bits per heavy atom. The van der Waals surface area contributed by atoms with E-state index < -0.39 is 15.9 Å². The molecule has 0 radical (unpaired) electrons. The van der Waals surface area contributed by atoms with Gasteiger partial charge in [-0.25, -0.2) is 18.1 Å². The Kier molecular flexibility index (Phi) is 5.21. The van der Waals surface area contributed by atoms with Gasteiger partial charge in [-0.2, -0.15) is 0 Å². The fraction of sp³-hybridized carbons (Fsp3) is 0.375. The second-order valence-corrected chi connectivity index (χ2v) is 7.94. The highest BCUT2D eigenvalue weighted by Gasteiger charge is 2.24. The first-order valence-corrected chi connectivity index (χ1v) is 9.65. The van der Waals surface area contributed by atoms with E-state index in [2.05, 4.69) is 9.71 Å². The third-order valence-corrected chi connectivity index (χ3v) is 6.19. The summed E-state index contributed by atoms with van der Waals surface area (Å²) in [4.78, 5) is 16.3. The predicted molar refractivity (Wildman–Crippen MR) is 91.2 cm³/mol. The Bertz CT molecular complexity index is 799. The van der Waals surface area contributed by atoms with Crippen LogP contribution in [-0.2, 0) is 21.2 Å². The van der Waals surface area contributed by atoms with Crippen LogP contribution in [0.3, 0.4) is 0 Å². The molecule has 0 saturated heterocycles. The quantitative estimate of drug-likeness (QED) is 0.898. The van der Waals surface area contributed by atoms with Crippen LogP contribution in [0.15, 0.2) is 21.9 Å². The highest BCUT2D eigenvalue weighted by molar-refractivity contribution is 7.90. The Hall–Kier alpha value is -1.73. The van der Waals surface area contributed by atoms with E-state index >= 15 is 0 Å². The molecule has 0 saturated carbocycles. The second kappa shape index (κ2) is 6.80. The maximum absolute atomic E-state index is 12.6. The highest BCUT2D eigenvalue weighted by Crippen LogP contribution is 2.25. The van der Waals surface area contributed by atoms with Gasteiger partial charge >= 0.3 is 0 Å². The van der Waals surface area contributed by atoms with Gasteiger partial charge in [-0.15, -0.1) is 11.3 Å². The van der Waals surface area contributed by atoms with E-state index in [1.54, 1.807) is 19.4 Å². The van der Waals surface area contributed by atoms with E-state index in [1.165, 1.54) is 11.3 Å². The minimum Gasteiger partial charge on any atom is -0.274 e. The molecule has 2 aromatic rings. The number of nitrogens with one attached hydrogen (secondary N) is 1. The van der Waals surface area contributed by atoms with Gasteiger partial charge in [0.1, 0.15) is 0 Å². The molecule has 0 aliphatic heterocycles. The molecule has 1 N–H and O–H groups in total. The summed E-state index contributed by atoms with van der Waals surface area (Å²) < 4.78 is 27.4. The van der Waals surface area contributed by atoms with Crippen LogP contribution in [-0.4, -0.2) is 19.3 Å². The SMILES string of the molecule is Cc1cc(C)c(C)c(S(=O)(=O)NC(=O)CCc2cscn2)c1C. The lowest BCUT2D eigenvalue weighted by atomic mass is 10.0. The van der Waals surface area contributed by atoms with Gasteiger partial charge in [0, 0.05) is 11.8 Å². The summed E-state index contributed by atoms with van der Waals surface area (Å²) in [6.07, 6.45) is 0.515. The third-order valence-electron chi connectivity index (χ3n) is 3.91. The molecule has 23 heavy (non-hydrogen) atoms. The number of aryl methyl sites for hydroxylation is 3. The van der Waals surface area contributed by atoms with Crippen LogP contribution >= 0.6 is 11.3 Å². The summed E-state index contributed by atoms with van der Waals surface area (Å²) in [6.45, 7) is 7.25. The smallest absolute Gasteiger partial charge is 0.264 e. The zero-order valence-electron chi connectivity index (χ0n) is 13.6. The average molecular weight is 352 g/mol. The fourth-order valence-corrected chi connectivity index (χ4v) is 4.66. The van der Waals surface area contributed by atoms with Crippen molar-refractivity contribution >= 4 is 27.3 Å². The van der Waals surface area contributed by atoms with Crippen LogP contribution in [0.1, 0.15) is 34.4 Å². The molecule has 1 amide bonds. The highest BCUT2D eigenvalue weighted by atomic mass is 32.2. The Labute approximate surface area is 140 Å². The van der Waals surface area contributed by atoms with E-state index in [9.17, 15) is 13.2 Å². The standard InChI is InChI=1S/C16H20N2O3S2/c1-10-7-11(2)13(4)16(12(10)3)23(20,21)18-15(19)6-5-14-8-22-9-17-14/h7-9H,5-6H2,1-4H3,(H,18,19). The van der Waals surface area contributed by atoms with Gasteiger partial charge in [0.25, 0.3) is 10.0 Å². The molecular weight excluding hydrogens is 332 g/mol. The van der Waals surface area contributed by atoms with Gasteiger partial charge in [-0.3, -0.25) is 4.79 Å². The van der Waals surface area contributed by atoms with Crippen molar-refractivity contribution in [3.05, 3.63) is 44.9 Å². The zero-order valence-corrected chi connectivity index (χ0v) is 15.3. The molecule has 0 aliphatic carbocycles. The minimum absolute atomic E-state index is 0.0891. The Balaban J connectivity index is 2.21. The molecule has 0 bridgehead atoms. The summed E-state index contributed by atoms with van der Waals surface area (Å²) in [5, 5.41) is 1.85. The molecule has 7 heteroatoms. The van der Waals surface area contributed by atoms with E-state index in [1.807, 2.05) is 25.3 Å². The number of aromatic nitrogens is 1. The number of carbonyl (C=O) groups is 1. The lowest BCUT2D eigenvalue weighted by molar-refractivity contribution is -0.119. The van der Waals surface area contributed by atoms with Crippen molar-refractivity contribution < 1.29 is 13.2 Å². The summed E-state index contributed by atoms with van der Waals surface area (Å²) in [6, 6.07) is 1.95. The fourth-order valence-electron chi connectivity index (χ4n) is 2.44. The molecule has 2 rings (SSSR count). The monoisotopic (exact) mass is 352 g/mol. The van der Waals surface area contributed by atoms with Crippen molar-refractivity contribution in [1.29, 1.82) is 0 Å². The average Bonchev–Trinajstić information content (AvgIpc) is 2.96. The number of benzene rings is 1. The number of amides is 1. The molecule has 0 spiro atoms. The van der Waals surface area contributed by atoms with Crippen LogP contribution in [0.25, 0.3) is 0 Å². The number of hydrogen-bond acceptors (Lipinski definition) is 5. The largest absolute Gasteiger partial charge is 0.274 e. The normalized spacial score (nSPS) is 11.5. The molecule has 1 aromatic carbocycles. The first kappa shape index (κ1) is 17.6. The van der Waals surface area contributed by atoms with E-state index in [0.717, 1.165) is 16.8 Å². The van der Waals surface area contributed by atoms with Crippen molar-refractivity contribution in [2.75, 3.05) is 0 Å². The predicted octanol–water partition coefficient (Wildman–Crippen LogP) is 2.81. The van der Waals surface area contributed by atoms with Gasteiger partial charge in [-0.05, 0) is 56.4 Å². The van der Waals surface area contributed by atoms with Crippen LogP contribution in [0.5, 0.6) is 0 Å². The molecule has 124 valence electrons. The molecule has 0 unspecified atom stereocenters. The topological polar surface area (TPSA) is 76.1 Å². The van der Waals surface area contributed by atoms with E-state index in [0.29, 0.717) is 17.5 Å². The van der Waals surface area contributed by atoms with Gasteiger partial charge in [0.15, 0.2) is 0 Å². The minimum atomic E-state index is -3.87. The summed E-state index contributed by atoms with van der Waals surface area (Å²) in [5.74, 6) is -0.518. The molecule has 0 aliphatic rings. The molecule has 5 nitrogen and oxygen atoms in total. The van der Waals surface area contributed by atoms with Crippen molar-refractivity contribution in [2.24, 2.45) is 0 Å². The molecular formula is C16H20N2O3S2. The maximum atomic E-state index is 12.6. The summed E-state index contributed by atoms with van der Waals surface area (Å²) >= 11 is 1.45. The Morgan fingerprint density at radius 3 is 2.30 bits per heavy atom. The van der Waals surface area contributed by atoms with Crippen molar-refractivity contribution in [1.82, 2.24) is 9.71 Å². The number of sulfonamides is 1. The molecule has 1 heterocycles. The lowest BCUT2D eigenvalue weighted by Gasteiger charge is -2.16. The summed E-state index contributed by atoms with van der Waals surface area (Å²) in [7, 11) is -3.87. The van der Waals surface area contributed by atoms with Gasteiger partial charge in [0.05, 0.1) is 16.1 Å². The number of hydrogen-bond donors (Lipinski definition) is 1. The van der Waals surface area contributed by atoms with Gasteiger partial charge in [-0.1, -0.05) is 6.07 Å². The summed E-state index contributed by atoms with van der Waals surface area (Å²) in [5.41, 5.74) is 5.61. The lowest BCUT2D eigenvalue weighted by Crippen LogP contribution is -2.32. The van der Waals surface area contributed by atoms with Gasteiger partial charge < -0.3 is 0 Å². The van der Waals surface area contributed by atoms with Crippen molar-refractivity contribution in [2.45, 2.75) is 45.4 Å². The van der Waals surface area contributed by atoms with Crippen LogP contribution < -0.4 is 4.72 Å². The van der Waals surface area contributed by atoms with E-state index in [-0.39, 0.29) is 11.3 Å². The van der Waals surface area contributed by atoms with Crippen LogP contribution in [0.4, 0.5) is 0 Å². The molecule has 0 atom stereocenters. The third kappa shape index (κ3) is 3.97. The number of thiazole rings is 1. The molecule has 0 fully saturated rings. The van der Waals surface area contributed by atoms with Crippen molar-refractivity contribution in [3.63, 3.8) is 0 Å². The van der Waals surface area contributed by atoms with Crippen molar-refractivity contribution in [3.8, 4) is 0 Å². The van der Waals surface area contributed by atoms with Crippen LogP contribution in [0.2, 0.25) is 0 Å². The second-order valence-electron chi connectivity index (χ2n) is 5.60. The van der Waals surface area contributed by atoms with Crippen LogP contribution in [0, 0.1) is 27.7 Å². The number of nitrogens with zero attached hydrogens (tertiary/aromatic N) is 1. The van der Waals surface area contributed by atoms with E-state index in [4.69, 9.17) is 0 Å². The number of carbonyl (C=O) groups excluding carboxylic acids is 1.